The summed E-state index contributed by atoms with van der Waals surface area (Å²) in [4.78, 5) is 38.3. The van der Waals surface area contributed by atoms with Gasteiger partial charge in [0.25, 0.3) is 0 Å². The van der Waals surface area contributed by atoms with Crippen LogP contribution in [0.4, 0.5) is 0 Å². The number of hydrogen-bond acceptors (Lipinski definition) is 6. The zero-order valence-electron chi connectivity index (χ0n) is 53.1. The number of unbranched alkanes of at least 4 members (excludes halogenated alkanes) is 17. The fourth-order valence-electron chi connectivity index (χ4n) is 8.48. The Labute approximate surface area is 510 Å². The second kappa shape index (κ2) is 69.0. The molecule has 6 nitrogen and oxygen atoms in total. The van der Waals surface area contributed by atoms with E-state index >= 15 is 0 Å². The first-order chi connectivity index (χ1) is 41.0. The molecule has 1 atom stereocenters. The molecular formula is C77H120O6. The lowest BCUT2D eigenvalue weighted by Crippen LogP contribution is -2.30. The third-order valence-electron chi connectivity index (χ3n) is 13.4. The van der Waals surface area contributed by atoms with Crippen LogP contribution in [-0.4, -0.2) is 37.2 Å². The van der Waals surface area contributed by atoms with Crippen molar-refractivity contribution in [2.75, 3.05) is 13.2 Å². The zero-order chi connectivity index (χ0) is 59.9. The van der Waals surface area contributed by atoms with E-state index in [4.69, 9.17) is 14.2 Å². The fourth-order valence-corrected chi connectivity index (χ4v) is 8.48. The van der Waals surface area contributed by atoms with Crippen LogP contribution in [0.15, 0.2) is 182 Å². The molecule has 0 N–H and O–H groups in total. The molecule has 0 fully saturated rings. The lowest BCUT2D eigenvalue weighted by molar-refractivity contribution is -0.166. The Kier molecular flexibility index (Phi) is 64.4. The summed E-state index contributed by atoms with van der Waals surface area (Å²) in [6.07, 6.45) is 103. The maximum absolute atomic E-state index is 12.9. The van der Waals surface area contributed by atoms with Crippen LogP contribution in [0, 0.1) is 0 Å². The highest BCUT2D eigenvalue weighted by molar-refractivity contribution is 5.71. The molecule has 1 unspecified atom stereocenters. The van der Waals surface area contributed by atoms with Gasteiger partial charge in [0.15, 0.2) is 6.10 Å². The van der Waals surface area contributed by atoms with E-state index in [-0.39, 0.29) is 44.0 Å². The maximum Gasteiger partial charge on any atom is 0.306 e. The largest absolute Gasteiger partial charge is 0.462 e. The van der Waals surface area contributed by atoms with Gasteiger partial charge in [0, 0.05) is 19.3 Å². The average Bonchev–Trinajstić information content (AvgIpc) is 3.49. The Morgan fingerprint density at radius 3 is 0.807 bits per heavy atom. The third-order valence-corrected chi connectivity index (χ3v) is 13.4. The summed E-state index contributed by atoms with van der Waals surface area (Å²) in [5, 5.41) is 0. The van der Waals surface area contributed by atoms with Crippen molar-refractivity contribution < 1.29 is 28.6 Å². The smallest absolute Gasteiger partial charge is 0.306 e. The summed E-state index contributed by atoms with van der Waals surface area (Å²) in [7, 11) is 0. The van der Waals surface area contributed by atoms with Gasteiger partial charge in [-0.2, -0.15) is 0 Å². The lowest BCUT2D eigenvalue weighted by Gasteiger charge is -2.18. The topological polar surface area (TPSA) is 78.9 Å². The number of esters is 3. The quantitative estimate of drug-likeness (QED) is 0.0261. The van der Waals surface area contributed by atoms with Gasteiger partial charge >= 0.3 is 17.9 Å². The first-order valence-corrected chi connectivity index (χ1v) is 33.3. The minimum atomic E-state index is -0.828. The van der Waals surface area contributed by atoms with Crippen molar-refractivity contribution >= 4 is 17.9 Å². The highest BCUT2D eigenvalue weighted by atomic mass is 16.6. The van der Waals surface area contributed by atoms with E-state index in [1.807, 2.05) is 12.2 Å². The van der Waals surface area contributed by atoms with E-state index < -0.39 is 6.10 Å². The summed E-state index contributed by atoms with van der Waals surface area (Å²) >= 11 is 0. The van der Waals surface area contributed by atoms with Crippen molar-refractivity contribution in [3.8, 4) is 0 Å². The number of carbonyl (C=O) groups excluding carboxylic acids is 3. The molecule has 464 valence electrons. The number of rotatable bonds is 58. The number of allylic oxidation sites excluding steroid dienone is 30. The Hall–Kier alpha value is -5.49. The molecule has 0 spiro atoms. The van der Waals surface area contributed by atoms with Crippen molar-refractivity contribution in [1.82, 2.24) is 0 Å². The summed E-state index contributed by atoms with van der Waals surface area (Å²) in [6, 6.07) is 0. The highest BCUT2D eigenvalue weighted by Crippen LogP contribution is 2.14. The van der Waals surface area contributed by atoms with Gasteiger partial charge in [-0.3, -0.25) is 14.4 Å². The van der Waals surface area contributed by atoms with Gasteiger partial charge in [0.1, 0.15) is 13.2 Å². The van der Waals surface area contributed by atoms with Crippen LogP contribution in [-0.2, 0) is 28.6 Å². The van der Waals surface area contributed by atoms with E-state index in [2.05, 4.69) is 191 Å². The third kappa shape index (κ3) is 67.2. The first-order valence-electron chi connectivity index (χ1n) is 33.3. The molecule has 0 aromatic carbocycles. The Morgan fingerprint density at radius 2 is 0.494 bits per heavy atom. The summed E-state index contributed by atoms with van der Waals surface area (Å²) in [5.41, 5.74) is 0. The van der Waals surface area contributed by atoms with Crippen molar-refractivity contribution in [3.05, 3.63) is 182 Å². The molecule has 0 aromatic heterocycles. The standard InChI is InChI=1S/C77H120O6/c1-4-7-10-13-16-19-22-25-27-29-31-32-33-34-35-36-37-38-39-40-41-42-43-44-46-47-49-52-55-58-61-64-67-70-76(79)82-73-74(72-81-75(78)69-66-63-60-57-54-51-24-21-18-15-12-9-6-3)83-77(80)71-68-65-62-59-56-53-50-48-45-30-28-26-23-20-17-14-11-8-5-2/h7,9-10,12,16-21,25-28,31-32,34-35,37-38,40-41,43-45,48,51,54,60,63,74H,4-6,8,11,13-15,22-24,29-30,33,36,39,42,46-47,49-50,52-53,55-59,61-62,64-73H2,1-3H3/b10-7-,12-9-,19-16-,20-17-,21-18-,27-25-,28-26-,32-31-,35-34-,38-37-,41-40-,44-43-,48-45-,54-51-,63-60-. The minimum Gasteiger partial charge on any atom is -0.462 e. The molecule has 0 bridgehead atoms. The molecule has 0 radical (unpaired) electrons. The highest BCUT2D eigenvalue weighted by Gasteiger charge is 2.19. The first kappa shape index (κ1) is 77.5. The molecule has 0 amide bonds. The summed E-state index contributed by atoms with van der Waals surface area (Å²) in [5.74, 6) is -1.03. The zero-order valence-corrected chi connectivity index (χ0v) is 53.1. The Balaban J connectivity index is 4.38. The van der Waals surface area contributed by atoms with Gasteiger partial charge in [-0.05, 0) is 148 Å². The van der Waals surface area contributed by atoms with Crippen LogP contribution in [0.3, 0.4) is 0 Å². The minimum absolute atomic E-state index is 0.118. The molecule has 6 heteroatoms. The monoisotopic (exact) mass is 1140 g/mol. The van der Waals surface area contributed by atoms with Crippen LogP contribution >= 0.6 is 0 Å². The average molecular weight is 1140 g/mol. The van der Waals surface area contributed by atoms with Gasteiger partial charge in [0.05, 0.1) is 0 Å². The molecule has 0 heterocycles. The summed E-state index contributed by atoms with van der Waals surface area (Å²) < 4.78 is 16.8. The molecule has 0 aromatic rings. The van der Waals surface area contributed by atoms with Gasteiger partial charge < -0.3 is 14.2 Å². The van der Waals surface area contributed by atoms with E-state index in [0.29, 0.717) is 12.8 Å². The van der Waals surface area contributed by atoms with Gasteiger partial charge in [0.2, 0.25) is 0 Å². The molecular weight excluding hydrogens is 1020 g/mol. The maximum atomic E-state index is 12.9. The van der Waals surface area contributed by atoms with Crippen LogP contribution in [0.1, 0.15) is 265 Å². The van der Waals surface area contributed by atoms with Crippen molar-refractivity contribution in [3.63, 3.8) is 0 Å². The molecule has 0 aliphatic rings. The summed E-state index contributed by atoms with van der Waals surface area (Å²) in [6.45, 7) is 6.29. The molecule has 0 aliphatic carbocycles. The van der Waals surface area contributed by atoms with Crippen LogP contribution in [0.2, 0.25) is 0 Å². The van der Waals surface area contributed by atoms with Crippen molar-refractivity contribution in [1.29, 1.82) is 0 Å². The van der Waals surface area contributed by atoms with Crippen LogP contribution in [0.5, 0.6) is 0 Å². The van der Waals surface area contributed by atoms with Gasteiger partial charge in [-0.15, -0.1) is 0 Å². The van der Waals surface area contributed by atoms with E-state index in [9.17, 15) is 14.4 Å². The van der Waals surface area contributed by atoms with E-state index in [0.717, 1.165) is 148 Å². The second-order valence-corrected chi connectivity index (χ2v) is 21.3. The number of ether oxygens (including phenoxy) is 3. The molecule has 0 saturated carbocycles. The fraction of sp³-hybridized carbons (Fsp3) is 0.571. The lowest BCUT2D eigenvalue weighted by atomic mass is 10.1. The predicted octanol–water partition coefficient (Wildman–Crippen LogP) is 23.2. The van der Waals surface area contributed by atoms with Crippen LogP contribution < -0.4 is 0 Å². The molecule has 0 rings (SSSR count). The molecule has 83 heavy (non-hydrogen) atoms. The molecule has 0 aliphatic heterocycles. The van der Waals surface area contributed by atoms with Crippen molar-refractivity contribution in [2.45, 2.75) is 271 Å². The molecule has 0 saturated heterocycles. The Morgan fingerprint density at radius 1 is 0.253 bits per heavy atom. The second-order valence-electron chi connectivity index (χ2n) is 21.3. The predicted molar refractivity (Wildman–Crippen MR) is 361 cm³/mol. The van der Waals surface area contributed by atoms with Gasteiger partial charge in [-0.1, -0.05) is 280 Å². The normalized spacial score (nSPS) is 13.3. The van der Waals surface area contributed by atoms with Crippen molar-refractivity contribution in [2.24, 2.45) is 0 Å². The number of carbonyl (C=O) groups is 3. The number of hydrogen-bond donors (Lipinski definition) is 0. The van der Waals surface area contributed by atoms with Crippen LogP contribution in [0.25, 0.3) is 0 Å². The van der Waals surface area contributed by atoms with Gasteiger partial charge in [-0.25, -0.2) is 0 Å². The SMILES string of the molecule is CC/C=C\C/C=C\C/C=C\C/C=C\C/C=C\C/C=C\C/C=C\C/C=C\CCCCCCCCCCC(=O)OCC(COC(=O)CC/C=C\C/C=C\C/C=C\C/C=C\CC)OC(=O)CCCCCCCC/C=C\C/C=C\C/C=C\CCCCC. The van der Waals surface area contributed by atoms with E-state index in [1.54, 1.807) is 0 Å². The van der Waals surface area contributed by atoms with E-state index in [1.165, 1.54) is 70.6 Å². The Bertz CT molecular complexity index is 1940.